The zero-order valence-corrected chi connectivity index (χ0v) is 11.6. The zero-order chi connectivity index (χ0) is 14.3. The largest absolute Gasteiger partial charge is 0.384 e. The number of nitrogen functional groups attached to an aromatic ring is 1. The topological polar surface area (TPSA) is 94.1 Å². The standard InChI is InChI=1S/C13H22N4O2/c1-3-5-7-10(6-4-2)15-13-11(17(18)19)8-9-12(14)16-13/h8-10H,3-7H2,1-2H3,(H3,14,15,16). The molecule has 3 N–H and O–H groups in total. The first-order valence-electron chi connectivity index (χ1n) is 6.75. The van der Waals surface area contributed by atoms with Gasteiger partial charge in [0.15, 0.2) is 0 Å². The lowest BCUT2D eigenvalue weighted by atomic mass is 10.1. The number of nitrogens with zero attached hydrogens (tertiary/aromatic N) is 2. The van der Waals surface area contributed by atoms with E-state index in [9.17, 15) is 10.1 Å². The predicted molar refractivity (Wildman–Crippen MR) is 77.1 cm³/mol. The Hall–Kier alpha value is -1.85. The minimum atomic E-state index is -0.433. The maximum Gasteiger partial charge on any atom is 0.311 e. The number of unbranched alkanes of at least 4 members (excludes halogenated alkanes) is 1. The number of rotatable bonds is 8. The molecule has 19 heavy (non-hydrogen) atoms. The summed E-state index contributed by atoms with van der Waals surface area (Å²) in [5.74, 6) is 0.568. The molecule has 1 aromatic heterocycles. The molecule has 1 atom stereocenters. The number of nitrogens with one attached hydrogen (secondary N) is 1. The van der Waals surface area contributed by atoms with Gasteiger partial charge in [-0.3, -0.25) is 10.1 Å². The second-order valence-corrected chi connectivity index (χ2v) is 4.63. The molecule has 0 amide bonds. The van der Waals surface area contributed by atoms with Crippen LogP contribution >= 0.6 is 0 Å². The van der Waals surface area contributed by atoms with Crippen LogP contribution in [-0.4, -0.2) is 15.9 Å². The van der Waals surface area contributed by atoms with Gasteiger partial charge in [-0.2, -0.15) is 0 Å². The summed E-state index contributed by atoms with van der Waals surface area (Å²) in [6, 6.07) is 3.05. The fourth-order valence-electron chi connectivity index (χ4n) is 2.00. The van der Waals surface area contributed by atoms with Crippen molar-refractivity contribution in [3.05, 3.63) is 22.2 Å². The van der Waals surface area contributed by atoms with E-state index in [1.54, 1.807) is 0 Å². The third-order valence-corrected chi connectivity index (χ3v) is 2.98. The van der Waals surface area contributed by atoms with Crippen LogP contribution in [0, 0.1) is 10.1 Å². The zero-order valence-electron chi connectivity index (χ0n) is 11.6. The molecule has 0 saturated heterocycles. The van der Waals surface area contributed by atoms with Gasteiger partial charge >= 0.3 is 5.69 Å². The van der Waals surface area contributed by atoms with Crippen LogP contribution < -0.4 is 11.1 Å². The lowest BCUT2D eigenvalue weighted by Gasteiger charge is -2.18. The molecule has 1 rings (SSSR count). The molecule has 0 aliphatic rings. The molecule has 1 aromatic rings. The van der Waals surface area contributed by atoms with Crippen molar-refractivity contribution in [3.8, 4) is 0 Å². The molecule has 0 aromatic carbocycles. The normalized spacial score (nSPS) is 12.1. The van der Waals surface area contributed by atoms with Gasteiger partial charge in [0.2, 0.25) is 5.82 Å². The van der Waals surface area contributed by atoms with Gasteiger partial charge in [-0.15, -0.1) is 0 Å². The van der Waals surface area contributed by atoms with E-state index >= 15 is 0 Å². The lowest BCUT2D eigenvalue weighted by Crippen LogP contribution is -2.21. The Bertz CT molecular complexity index is 423. The quantitative estimate of drug-likeness (QED) is 0.556. The van der Waals surface area contributed by atoms with Crippen LogP contribution in [0.5, 0.6) is 0 Å². The summed E-state index contributed by atoms with van der Waals surface area (Å²) in [7, 11) is 0. The average molecular weight is 266 g/mol. The highest BCUT2D eigenvalue weighted by atomic mass is 16.6. The summed E-state index contributed by atoms with van der Waals surface area (Å²) in [5, 5.41) is 14.1. The van der Waals surface area contributed by atoms with Crippen LogP contribution in [0.1, 0.15) is 46.0 Å². The molecule has 0 aliphatic heterocycles. The van der Waals surface area contributed by atoms with Crippen molar-refractivity contribution in [3.63, 3.8) is 0 Å². The Labute approximate surface area is 113 Å². The van der Waals surface area contributed by atoms with Gasteiger partial charge in [-0.05, 0) is 18.9 Å². The highest BCUT2D eigenvalue weighted by Gasteiger charge is 2.18. The summed E-state index contributed by atoms with van der Waals surface area (Å²) in [5.41, 5.74) is 5.58. The maximum atomic E-state index is 11.0. The minimum absolute atomic E-state index is 0.0215. The molecule has 0 spiro atoms. The van der Waals surface area contributed by atoms with E-state index in [0.29, 0.717) is 5.82 Å². The van der Waals surface area contributed by atoms with Gasteiger partial charge < -0.3 is 11.1 Å². The van der Waals surface area contributed by atoms with Gasteiger partial charge in [0.1, 0.15) is 5.82 Å². The van der Waals surface area contributed by atoms with Crippen molar-refractivity contribution in [1.29, 1.82) is 0 Å². The first-order valence-corrected chi connectivity index (χ1v) is 6.75. The van der Waals surface area contributed by atoms with E-state index in [4.69, 9.17) is 5.73 Å². The molecule has 0 radical (unpaired) electrons. The van der Waals surface area contributed by atoms with Gasteiger partial charge in [0, 0.05) is 12.1 Å². The third kappa shape index (κ3) is 4.73. The van der Waals surface area contributed by atoms with Crippen LogP contribution in [0.4, 0.5) is 17.3 Å². The van der Waals surface area contributed by atoms with Crippen molar-refractivity contribution in [2.75, 3.05) is 11.1 Å². The number of hydrogen-bond acceptors (Lipinski definition) is 5. The summed E-state index contributed by atoms with van der Waals surface area (Å²) in [4.78, 5) is 14.6. The molecule has 0 bridgehead atoms. The number of pyridine rings is 1. The maximum absolute atomic E-state index is 11.0. The number of nitro groups is 1. The number of anilines is 2. The number of nitrogens with two attached hydrogens (primary N) is 1. The summed E-state index contributed by atoms with van der Waals surface area (Å²) in [6.45, 7) is 4.23. The van der Waals surface area contributed by atoms with Gasteiger partial charge in [0.05, 0.1) is 4.92 Å². The Morgan fingerprint density at radius 2 is 2.11 bits per heavy atom. The molecule has 0 fully saturated rings. The van der Waals surface area contributed by atoms with E-state index in [-0.39, 0.29) is 17.5 Å². The third-order valence-electron chi connectivity index (χ3n) is 2.98. The monoisotopic (exact) mass is 266 g/mol. The average Bonchev–Trinajstić information content (AvgIpc) is 2.36. The summed E-state index contributed by atoms with van der Waals surface area (Å²) < 4.78 is 0. The van der Waals surface area contributed by atoms with Crippen molar-refractivity contribution >= 4 is 17.3 Å². The smallest absolute Gasteiger partial charge is 0.311 e. The minimum Gasteiger partial charge on any atom is -0.384 e. The highest BCUT2D eigenvalue weighted by Crippen LogP contribution is 2.25. The molecular weight excluding hydrogens is 244 g/mol. The van der Waals surface area contributed by atoms with Gasteiger partial charge in [0.25, 0.3) is 0 Å². The Balaban J connectivity index is 2.87. The highest BCUT2D eigenvalue weighted by molar-refractivity contribution is 5.59. The van der Waals surface area contributed by atoms with Crippen molar-refractivity contribution < 1.29 is 4.92 Å². The van der Waals surface area contributed by atoms with Crippen LogP contribution in [0.25, 0.3) is 0 Å². The molecule has 0 aliphatic carbocycles. The van der Waals surface area contributed by atoms with E-state index in [1.807, 2.05) is 0 Å². The molecule has 6 nitrogen and oxygen atoms in total. The Morgan fingerprint density at radius 1 is 1.37 bits per heavy atom. The molecule has 1 unspecified atom stereocenters. The second-order valence-electron chi connectivity index (χ2n) is 4.63. The van der Waals surface area contributed by atoms with Gasteiger partial charge in [-0.1, -0.05) is 33.1 Å². The molecule has 6 heteroatoms. The molecule has 106 valence electrons. The van der Waals surface area contributed by atoms with Crippen molar-refractivity contribution in [1.82, 2.24) is 4.98 Å². The molecule has 0 saturated carbocycles. The number of hydrogen-bond donors (Lipinski definition) is 2. The van der Waals surface area contributed by atoms with Crippen molar-refractivity contribution in [2.45, 2.75) is 52.0 Å². The fraction of sp³-hybridized carbons (Fsp3) is 0.615. The molecule has 1 heterocycles. The van der Waals surface area contributed by atoms with E-state index in [0.717, 1.165) is 32.1 Å². The van der Waals surface area contributed by atoms with Crippen LogP contribution in [-0.2, 0) is 0 Å². The summed E-state index contributed by atoms with van der Waals surface area (Å²) in [6.07, 6.45) is 5.17. The van der Waals surface area contributed by atoms with Crippen LogP contribution in [0.2, 0.25) is 0 Å². The number of aromatic nitrogens is 1. The molecular formula is C13H22N4O2. The van der Waals surface area contributed by atoms with Crippen LogP contribution in [0.3, 0.4) is 0 Å². The predicted octanol–water partition coefficient (Wildman–Crippen LogP) is 3.34. The first kappa shape index (κ1) is 15.2. The first-order chi connectivity index (χ1) is 9.08. The fourth-order valence-corrected chi connectivity index (χ4v) is 2.00. The Kier molecular flexibility index (Phi) is 6.05. The van der Waals surface area contributed by atoms with E-state index in [2.05, 4.69) is 24.1 Å². The lowest BCUT2D eigenvalue weighted by molar-refractivity contribution is -0.384. The van der Waals surface area contributed by atoms with Crippen molar-refractivity contribution in [2.24, 2.45) is 0 Å². The Morgan fingerprint density at radius 3 is 2.68 bits per heavy atom. The van der Waals surface area contributed by atoms with Crippen LogP contribution in [0.15, 0.2) is 12.1 Å². The second kappa shape index (κ2) is 7.56. The van der Waals surface area contributed by atoms with Gasteiger partial charge in [-0.25, -0.2) is 4.98 Å². The summed E-state index contributed by atoms with van der Waals surface area (Å²) >= 11 is 0. The van der Waals surface area contributed by atoms with E-state index < -0.39 is 4.92 Å². The van der Waals surface area contributed by atoms with E-state index in [1.165, 1.54) is 12.1 Å². The SMILES string of the molecule is CCCCC(CCC)Nc1nc(N)ccc1[N+](=O)[O-].